The molecule has 0 radical (unpaired) electrons. The number of hydrogen-bond donors (Lipinski definition) is 19. The maximum atomic E-state index is 12.7. The number of amides is 3. The van der Waals surface area contributed by atoms with Crippen LogP contribution in [0, 0.1) is 0 Å². The maximum Gasteiger partial charge on any atom is 0.397 e. The summed E-state index contributed by atoms with van der Waals surface area (Å²) in [7, 11) is -5.15. The minimum absolute atomic E-state index is 0.773. The average Bonchev–Trinajstić information content (AvgIpc) is 3.47. The van der Waals surface area contributed by atoms with Crippen molar-refractivity contribution >= 4 is 28.1 Å². The molecule has 79 heavy (non-hydrogen) atoms. The first-order valence-corrected chi connectivity index (χ1v) is 26.0. The Bertz CT molecular complexity index is 2110. The lowest BCUT2D eigenvalue weighted by Crippen LogP contribution is -2.70. The lowest BCUT2D eigenvalue weighted by Gasteiger charge is -2.51. The summed E-state index contributed by atoms with van der Waals surface area (Å²) in [6, 6.07) is -5.14. The van der Waals surface area contributed by atoms with Crippen molar-refractivity contribution in [1.82, 2.24) is 16.0 Å². The van der Waals surface area contributed by atoms with Gasteiger partial charge >= 0.3 is 10.4 Å². The van der Waals surface area contributed by atoms with Crippen LogP contribution in [0.25, 0.3) is 0 Å². The van der Waals surface area contributed by atoms with Gasteiger partial charge in [-0.25, -0.2) is 4.18 Å². The van der Waals surface area contributed by atoms with Crippen molar-refractivity contribution in [2.45, 2.75) is 212 Å². The third-order valence-corrected chi connectivity index (χ3v) is 14.2. The smallest absolute Gasteiger partial charge is 0.394 e. The van der Waals surface area contributed by atoms with Crippen molar-refractivity contribution in [3.63, 3.8) is 0 Å². The van der Waals surface area contributed by atoms with E-state index in [2.05, 4.69) is 20.1 Å². The zero-order chi connectivity index (χ0) is 58.7. The van der Waals surface area contributed by atoms with Crippen LogP contribution in [-0.4, -0.2) is 324 Å². The van der Waals surface area contributed by atoms with Crippen molar-refractivity contribution in [2.24, 2.45) is 0 Å². The Morgan fingerprint density at radius 3 is 1.30 bits per heavy atom. The molecule has 30 atom stereocenters. The molecule has 0 aromatic heterocycles. The SMILES string of the molecule is CC(=O)N[C@@H]1[C@@H](O[C@@H]2O[C@H](CO[C@@H]3O[C@H](CO)[C@@H](O)[C@H](O)[C@H]3NC(C)=O)[C@H](O)[C@H](O[C@@H]3O[C@H](CO)[C@H](O)[C@H](O)[C@H]3O)[C@H]2O[C@@H]2O[C@@H](C)[C@@H](O)[C@@H](O)[C@@H]2O)[C@@H](O)[C@@H](CO[C@@H]2O[C@H](COS(=O)(=O)O)[C@@H](O)[C@H](O)[C@H]2NC(C)=O)O[C@@H]1O. The molecule has 0 saturated carbocycles. The molecule has 19 N–H and O–H groups in total. The largest absolute Gasteiger partial charge is 0.397 e. The summed E-state index contributed by atoms with van der Waals surface area (Å²) in [4.78, 5) is 37.2. The fourth-order valence-corrected chi connectivity index (χ4v) is 9.88. The molecule has 6 heterocycles. The zero-order valence-electron chi connectivity index (χ0n) is 42.4. The van der Waals surface area contributed by atoms with Crippen molar-refractivity contribution in [2.75, 3.05) is 33.0 Å². The van der Waals surface area contributed by atoms with Crippen molar-refractivity contribution < 1.29 is 160 Å². The van der Waals surface area contributed by atoms with Gasteiger partial charge in [0.05, 0.1) is 39.1 Å². The summed E-state index contributed by atoms with van der Waals surface area (Å²) in [5.74, 6) is -2.50. The molecule has 0 spiro atoms. The summed E-state index contributed by atoms with van der Waals surface area (Å²) >= 11 is 0. The van der Waals surface area contributed by atoms with E-state index in [1.807, 2.05) is 0 Å². The number of carbonyl (C=O) groups is 3. The van der Waals surface area contributed by atoms with Gasteiger partial charge in [-0.2, -0.15) is 8.42 Å². The Kier molecular flexibility index (Phi) is 23.0. The Balaban J connectivity index is 1.40. The highest BCUT2D eigenvalue weighted by molar-refractivity contribution is 7.80. The highest BCUT2D eigenvalue weighted by Gasteiger charge is 2.58. The van der Waals surface area contributed by atoms with Gasteiger partial charge in [-0.3, -0.25) is 18.9 Å². The molecule has 0 bridgehead atoms. The molecule has 36 nitrogen and oxygen atoms in total. The van der Waals surface area contributed by atoms with Crippen LogP contribution in [0.15, 0.2) is 0 Å². The Morgan fingerprint density at radius 1 is 0.418 bits per heavy atom. The van der Waals surface area contributed by atoms with Gasteiger partial charge in [0.15, 0.2) is 37.7 Å². The lowest BCUT2D eigenvalue weighted by molar-refractivity contribution is -0.403. The van der Waals surface area contributed by atoms with Crippen molar-refractivity contribution in [3.8, 4) is 0 Å². The van der Waals surface area contributed by atoms with Gasteiger partial charge in [0.2, 0.25) is 17.7 Å². The molecule has 0 aliphatic carbocycles. The normalized spacial score (nSPS) is 47.0. The molecule has 3 amide bonds. The van der Waals surface area contributed by atoms with Crippen LogP contribution in [0.1, 0.15) is 27.7 Å². The maximum absolute atomic E-state index is 12.7. The van der Waals surface area contributed by atoms with E-state index in [1.54, 1.807) is 0 Å². The van der Waals surface area contributed by atoms with Gasteiger partial charge in [-0.05, 0) is 6.92 Å². The summed E-state index contributed by atoms with van der Waals surface area (Å²) in [6.45, 7) is -0.700. The van der Waals surface area contributed by atoms with Crippen LogP contribution in [-0.2, 0) is 81.1 Å². The van der Waals surface area contributed by atoms with Gasteiger partial charge in [-0.15, -0.1) is 0 Å². The lowest BCUT2D eigenvalue weighted by atomic mass is 9.94. The average molecular weight is 1180 g/mol. The first-order valence-electron chi connectivity index (χ1n) is 24.6. The second-order valence-electron chi connectivity index (χ2n) is 19.6. The Morgan fingerprint density at radius 2 is 0.797 bits per heavy atom. The van der Waals surface area contributed by atoms with Gasteiger partial charge in [-0.1, -0.05) is 0 Å². The first kappa shape index (κ1) is 65.4. The molecule has 0 unspecified atom stereocenters. The summed E-state index contributed by atoms with van der Waals surface area (Å²) in [6.07, 6.45) is -53.4. The summed E-state index contributed by atoms with van der Waals surface area (Å²) < 4.78 is 101. The summed E-state index contributed by atoms with van der Waals surface area (Å²) in [5, 5.41) is 171. The van der Waals surface area contributed by atoms with Gasteiger partial charge < -0.3 is 145 Å². The molecule has 37 heteroatoms. The summed E-state index contributed by atoms with van der Waals surface area (Å²) in [5.41, 5.74) is 0. The van der Waals surface area contributed by atoms with E-state index in [0.717, 1.165) is 20.8 Å². The molecule has 6 rings (SSSR count). The molecule has 6 fully saturated rings. The molecule has 6 aliphatic heterocycles. The molecular formula is C42H71N3O33S. The number of aliphatic hydroxyl groups excluding tert-OH is 15. The number of rotatable bonds is 20. The van der Waals surface area contributed by atoms with Crippen LogP contribution >= 0.6 is 0 Å². The van der Waals surface area contributed by atoms with E-state index >= 15 is 0 Å². The third-order valence-electron chi connectivity index (χ3n) is 13.8. The van der Waals surface area contributed by atoms with Crippen LogP contribution in [0.2, 0.25) is 0 Å². The number of hydrogen-bond acceptors (Lipinski definition) is 32. The molecule has 458 valence electrons. The van der Waals surface area contributed by atoms with Crippen LogP contribution in [0.5, 0.6) is 0 Å². The van der Waals surface area contributed by atoms with E-state index < -0.39 is 245 Å². The van der Waals surface area contributed by atoms with Gasteiger partial charge in [0, 0.05) is 20.8 Å². The number of nitrogens with one attached hydrogen (secondary N) is 3. The van der Waals surface area contributed by atoms with Crippen molar-refractivity contribution in [1.29, 1.82) is 0 Å². The molecule has 6 aliphatic rings. The second kappa shape index (κ2) is 27.8. The quantitative estimate of drug-likeness (QED) is 0.0503. The van der Waals surface area contributed by atoms with Crippen LogP contribution in [0.3, 0.4) is 0 Å². The van der Waals surface area contributed by atoms with Crippen LogP contribution in [0.4, 0.5) is 0 Å². The van der Waals surface area contributed by atoms with Crippen LogP contribution < -0.4 is 16.0 Å². The Hall–Kier alpha value is -2.76. The predicted molar refractivity (Wildman–Crippen MR) is 243 cm³/mol. The molecular weight excluding hydrogens is 1110 g/mol. The van der Waals surface area contributed by atoms with Gasteiger partial charge in [0.25, 0.3) is 0 Å². The highest BCUT2D eigenvalue weighted by Crippen LogP contribution is 2.37. The van der Waals surface area contributed by atoms with E-state index in [-0.39, 0.29) is 0 Å². The van der Waals surface area contributed by atoms with E-state index in [0.29, 0.717) is 0 Å². The predicted octanol–water partition coefficient (Wildman–Crippen LogP) is -12.8. The van der Waals surface area contributed by atoms with E-state index in [9.17, 15) is 99.4 Å². The third kappa shape index (κ3) is 15.5. The fraction of sp³-hybridized carbons (Fsp3) is 0.929. The monoisotopic (exact) mass is 1180 g/mol. The number of aliphatic hydroxyl groups is 15. The molecule has 6 saturated heterocycles. The fourth-order valence-electron chi connectivity index (χ4n) is 9.57. The standard InChI is InChI=1S/C42H71N3O33S/c1-10-22(51)30(59)32(61)40(70-10)78-36-35(77-41-33(62)31(60)24(53)15(6-47)73-41)27(56)17(8-68-38-19(43-11(2)48)28(57)23(52)14(5-46)72-38)75-42(36)76-34-21(45-13(4)50)37(63)71-16(26(34)55)7-67-39-20(44-12(3)49)29(58)25(54)18(74-39)9-69-79(64,65)66/h10,14-42,46-47,51-63H,5-9H2,1-4H3,(H,43,48)(H,44,49)(H,45,50)(H,64,65,66)/t10-,14+,15+,16+,17+,18+,19+,20+,21+,22+,23+,24-,25+,26-,27-,28+,29+,30+,31-,32-,33+,34+,35-,36+,37-,38+,39+,40-,41-,42-/m0/s1. The number of carbonyl (C=O) groups excluding carboxylic acids is 3. The number of ether oxygens (including phenoxy) is 11. The van der Waals surface area contributed by atoms with Crippen molar-refractivity contribution in [3.05, 3.63) is 0 Å². The topological polar surface area (TPSA) is 556 Å². The Labute approximate surface area is 448 Å². The van der Waals surface area contributed by atoms with E-state index in [1.165, 1.54) is 6.92 Å². The molecule has 0 aromatic rings. The minimum atomic E-state index is -5.15. The first-order chi connectivity index (χ1) is 37.0. The second-order valence-corrected chi connectivity index (χ2v) is 20.6. The zero-order valence-corrected chi connectivity index (χ0v) is 43.2. The highest BCUT2D eigenvalue weighted by atomic mass is 32.3. The van der Waals surface area contributed by atoms with Gasteiger partial charge in [0.1, 0.15) is 140 Å². The minimum Gasteiger partial charge on any atom is -0.394 e. The molecule has 0 aromatic carbocycles. The van der Waals surface area contributed by atoms with E-state index in [4.69, 9.17) is 56.7 Å².